The van der Waals surface area contributed by atoms with E-state index in [2.05, 4.69) is 16.9 Å². The summed E-state index contributed by atoms with van der Waals surface area (Å²) in [4.78, 5) is 0. The Hall–Kier alpha value is 1.02. The second-order valence-electron chi connectivity index (χ2n) is 0.287. The van der Waals surface area contributed by atoms with Gasteiger partial charge in [-0.25, -0.2) is 0 Å². The molecule has 0 saturated carbocycles. The molecule has 3 heteroatoms. The summed E-state index contributed by atoms with van der Waals surface area (Å²) in [6, 6.07) is 0. The van der Waals surface area contributed by atoms with Gasteiger partial charge in [0.15, 0.2) is 0 Å². The van der Waals surface area contributed by atoms with Crippen molar-refractivity contribution in [2.24, 2.45) is 0 Å². The van der Waals surface area contributed by atoms with Crippen LogP contribution in [0.2, 0.25) is 0 Å². The Bertz CT molecular complexity index is 22.8. The maximum absolute atomic E-state index is 4.27. The van der Waals surface area contributed by atoms with Gasteiger partial charge in [0.05, 0.1) is 0 Å². The fraction of sp³-hybridized carbons (Fsp3) is 0.333. The van der Waals surface area contributed by atoms with E-state index in [1.807, 2.05) is 6.26 Å². The number of hydrogen-bond donors (Lipinski definition) is 0. The molecule has 0 saturated heterocycles. The van der Waals surface area contributed by atoms with Crippen molar-refractivity contribution >= 4 is 28.7 Å². The molecule has 0 atom stereocenters. The van der Waals surface area contributed by atoms with Gasteiger partial charge in [-0.1, -0.05) is 0 Å². The largest absolute Gasteiger partial charge is 2.00 e. The molecule has 0 aliphatic heterocycles. The van der Waals surface area contributed by atoms with Gasteiger partial charge in [0.2, 0.25) is 0 Å². The fourth-order valence-electron chi connectivity index (χ4n) is 0. The molecule has 0 nitrogen and oxygen atoms in total. The van der Waals surface area contributed by atoms with Gasteiger partial charge >= 0.3 is 18.6 Å². The molecule has 0 spiro atoms. The van der Waals surface area contributed by atoms with Crippen LogP contribution >= 0.6 is 24.0 Å². The Morgan fingerprint density at radius 3 is 1.83 bits per heavy atom. The first-order chi connectivity index (χ1) is 1.91. The summed E-state index contributed by atoms with van der Waals surface area (Å²) >= 11 is 5.69. The summed E-state index contributed by atoms with van der Waals surface area (Å²) in [6.07, 6.45) is 1.88. The second kappa shape index (κ2) is 16.6. The Labute approximate surface area is 61.0 Å². The van der Waals surface area contributed by atoms with Crippen molar-refractivity contribution in [1.29, 1.82) is 0 Å². The van der Waals surface area contributed by atoms with E-state index in [1.165, 1.54) is 11.8 Å². The number of rotatable bonds is 1. The fourth-order valence-corrected chi connectivity index (χ4v) is 0. The van der Waals surface area contributed by atoms with Crippen LogP contribution in [0.15, 0.2) is 0 Å². The van der Waals surface area contributed by atoms with Gasteiger partial charge in [-0.05, 0) is 6.26 Å². The third-order valence-corrected chi connectivity index (χ3v) is 0.750. The first kappa shape index (κ1) is 15.7. The summed E-state index contributed by atoms with van der Waals surface area (Å²) in [5.41, 5.74) is 0. The molecule has 0 N–H and O–H groups in total. The van der Waals surface area contributed by atoms with Gasteiger partial charge in [0.25, 0.3) is 0 Å². The summed E-state index contributed by atoms with van der Waals surface area (Å²) < 4.78 is 2.43. The number of thiocarbonyl (C=S) groups is 1. The van der Waals surface area contributed by atoms with E-state index in [1.54, 1.807) is 0 Å². The summed E-state index contributed by atoms with van der Waals surface area (Å²) in [5.74, 6) is 0. The molecule has 35 valence electrons. The van der Waals surface area contributed by atoms with Crippen LogP contribution in [0.1, 0.15) is 0 Å². The number of thioether (sulfide) groups is 1. The standard InChI is InChI=1S/C2H3S2.CH3.V/c1-4-2-3;;/h1H3;1H3;/q2*-1;+2. The van der Waals surface area contributed by atoms with E-state index in [4.69, 9.17) is 0 Å². The summed E-state index contributed by atoms with van der Waals surface area (Å²) in [6.45, 7) is 0. The first-order valence-electron chi connectivity index (χ1n) is 0.816. The minimum absolute atomic E-state index is 0. The van der Waals surface area contributed by atoms with Gasteiger partial charge in [0, 0.05) is 0 Å². The van der Waals surface area contributed by atoms with Crippen molar-refractivity contribution in [2.75, 3.05) is 6.26 Å². The van der Waals surface area contributed by atoms with E-state index >= 15 is 0 Å². The zero-order valence-electron chi connectivity index (χ0n) is 3.76. The van der Waals surface area contributed by atoms with Gasteiger partial charge in [-0.3, -0.25) is 0 Å². The minimum Gasteiger partial charge on any atom is -0.361 e. The van der Waals surface area contributed by atoms with Crippen molar-refractivity contribution in [1.82, 2.24) is 0 Å². The molecule has 0 bridgehead atoms. The molecular weight excluding hydrogens is 151 g/mol. The maximum Gasteiger partial charge on any atom is 2.00 e. The Morgan fingerprint density at radius 1 is 1.67 bits per heavy atom. The zero-order valence-corrected chi connectivity index (χ0v) is 6.79. The van der Waals surface area contributed by atoms with Crippen molar-refractivity contribution in [3.05, 3.63) is 7.43 Å². The molecule has 0 aliphatic rings. The smallest absolute Gasteiger partial charge is 0.361 e. The third-order valence-electron chi connectivity index (χ3n) is 0.0833. The molecule has 0 rings (SSSR count). The summed E-state index contributed by atoms with van der Waals surface area (Å²) in [5, 5.41) is 0. The topological polar surface area (TPSA) is 0 Å². The third kappa shape index (κ3) is 19.9. The van der Waals surface area contributed by atoms with Crippen molar-refractivity contribution in [2.45, 2.75) is 0 Å². The molecule has 0 aromatic heterocycles. The molecule has 0 fully saturated rings. The predicted octanol–water partition coefficient (Wildman–Crippen LogP) is 1.63. The van der Waals surface area contributed by atoms with Crippen LogP contribution in [0.5, 0.6) is 0 Å². The molecule has 6 heavy (non-hydrogen) atoms. The average molecular weight is 157 g/mol. The monoisotopic (exact) mass is 157 g/mol. The van der Waals surface area contributed by atoms with Crippen LogP contribution < -0.4 is 0 Å². The average Bonchev–Trinajstić information content (AvgIpc) is 1.37. The van der Waals surface area contributed by atoms with Crippen LogP contribution in [-0.2, 0) is 18.6 Å². The van der Waals surface area contributed by atoms with Gasteiger partial charge in [0.1, 0.15) is 0 Å². The molecule has 1 radical (unpaired) electrons. The SMILES string of the molecule is CS[C-]=S.[CH3-].[V+2]. The summed E-state index contributed by atoms with van der Waals surface area (Å²) in [7, 11) is 0. The van der Waals surface area contributed by atoms with Crippen LogP contribution in [-0.4, -0.2) is 11.0 Å². The van der Waals surface area contributed by atoms with Crippen molar-refractivity contribution in [3.63, 3.8) is 0 Å². The van der Waals surface area contributed by atoms with E-state index in [9.17, 15) is 0 Å². The van der Waals surface area contributed by atoms with Crippen LogP contribution in [0, 0.1) is 7.43 Å². The van der Waals surface area contributed by atoms with E-state index < -0.39 is 0 Å². The normalized spacial score (nSPS) is 4.17. The first-order valence-corrected chi connectivity index (χ1v) is 2.45. The molecule has 0 aromatic carbocycles. The molecule has 0 unspecified atom stereocenters. The Balaban J connectivity index is -0.0000000450. The van der Waals surface area contributed by atoms with Crippen molar-refractivity contribution < 1.29 is 18.6 Å². The Kier molecular flexibility index (Phi) is 43.6. The van der Waals surface area contributed by atoms with Gasteiger partial charge in [-0.2, -0.15) is 0 Å². The maximum atomic E-state index is 4.27. The number of hydrogen-bond acceptors (Lipinski definition) is 2. The minimum atomic E-state index is 0. The van der Waals surface area contributed by atoms with E-state index in [0.717, 1.165) is 0 Å². The van der Waals surface area contributed by atoms with Crippen LogP contribution in [0.3, 0.4) is 0 Å². The predicted molar refractivity (Wildman–Crippen MR) is 32.5 cm³/mol. The molecule has 0 aromatic rings. The second-order valence-corrected chi connectivity index (χ2v) is 1.36. The van der Waals surface area contributed by atoms with Crippen LogP contribution in [0.25, 0.3) is 0 Å². The molecule has 0 amide bonds. The molecule has 0 aliphatic carbocycles. The van der Waals surface area contributed by atoms with Crippen molar-refractivity contribution in [3.8, 4) is 0 Å². The van der Waals surface area contributed by atoms with E-state index in [0.29, 0.717) is 0 Å². The Morgan fingerprint density at radius 2 is 1.83 bits per heavy atom. The quantitative estimate of drug-likeness (QED) is 0.419. The van der Waals surface area contributed by atoms with Gasteiger partial charge < -0.3 is 36.1 Å². The van der Waals surface area contributed by atoms with E-state index in [-0.39, 0.29) is 26.0 Å². The van der Waals surface area contributed by atoms with Gasteiger partial charge in [-0.15, -0.1) is 0 Å². The molecule has 0 heterocycles. The molecular formula is C3H6S2V. The van der Waals surface area contributed by atoms with Crippen LogP contribution in [0.4, 0.5) is 0 Å². The zero-order chi connectivity index (χ0) is 3.41.